The van der Waals surface area contributed by atoms with Gasteiger partial charge in [0.15, 0.2) is 0 Å². The molecule has 5 rings (SSSR count). The van der Waals surface area contributed by atoms with Gasteiger partial charge in [0.1, 0.15) is 17.5 Å². The molecule has 0 aromatic heterocycles. The van der Waals surface area contributed by atoms with E-state index >= 15 is 0 Å². The SMILES string of the molecule is O=C(NCC(NC(=O)c1c(Cl)ccc(Oc2cccc(-c3ccccc3)c2)c1Cl)C(=O)O)NC1CCc2ccccc21. The molecule has 4 aromatic carbocycles. The zero-order chi connectivity index (χ0) is 29.6. The number of fused-ring (bicyclic) bond motifs is 1. The van der Waals surface area contributed by atoms with Crippen LogP contribution in [0.1, 0.15) is 33.9 Å². The molecule has 0 radical (unpaired) electrons. The van der Waals surface area contributed by atoms with Crippen LogP contribution >= 0.6 is 23.2 Å². The molecule has 4 N–H and O–H groups in total. The maximum atomic E-state index is 13.2. The molecule has 42 heavy (non-hydrogen) atoms. The third kappa shape index (κ3) is 6.67. The summed E-state index contributed by atoms with van der Waals surface area (Å²) in [5.74, 6) is -1.52. The van der Waals surface area contributed by atoms with Crippen molar-refractivity contribution in [3.8, 4) is 22.6 Å². The van der Waals surface area contributed by atoms with E-state index in [1.165, 1.54) is 17.7 Å². The van der Waals surface area contributed by atoms with Gasteiger partial charge < -0.3 is 25.8 Å². The molecule has 2 atom stereocenters. The monoisotopic (exact) mass is 603 g/mol. The summed E-state index contributed by atoms with van der Waals surface area (Å²) in [6.45, 7) is -0.362. The summed E-state index contributed by atoms with van der Waals surface area (Å²) in [6, 6.07) is 25.8. The Balaban J connectivity index is 1.25. The number of halogens is 2. The summed E-state index contributed by atoms with van der Waals surface area (Å²) >= 11 is 12.8. The second kappa shape index (κ2) is 13.0. The predicted octanol–water partition coefficient (Wildman–Crippen LogP) is 6.62. The Morgan fingerprint density at radius 3 is 2.43 bits per heavy atom. The maximum absolute atomic E-state index is 13.2. The van der Waals surface area contributed by atoms with Crippen LogP contribution in [-0.2, 0) is 11.2 Å². The van der Waals surface area contributed by atoms with Crippen molar-refractivity contribution in [1.82, 2.24) is 16.0 Å². The maximum Gasteiger partial charge on any atom is 0.328 e. The van der Waals surface area contributed by atoms with E-state index in [2.05, 4.69) is 16.0 Å². The van der Waals surface area contributed by atoms with Gasteiger partial charge >= 0.3 is 12.0 Å². The van der Waals surface area contributed by atoms with Crippen molar-refractivity contribution in [3.05, 3.63) is 118 Å². The van der Waals surface area contributed by atoms with Crippen molar-refractivity contribution in [2.75, 3.05) is 6.54 Å². The normalized spacial score (nSPS) is 14.4. The fourth-order valence-corrected chi connectivity index (χ4v) is 5.44. The van der Waals surface area contributed by atoms with E-state index in [1.54, 1.807) is 6.07 Å². The number of hydrogen-bond acceptors (Lipinski definition) is 4. The molecule has 8 nitrogen and oxygen atoms in total. The number of hydrogen-bond donors (Lipinski definition) is 4. The van der Waals surface area contributed by atoms with Crippen molar-refractivity contribution in [2.45, 2.75) is 24.9 Å². The first-order valence-electron chi connectivity index (χ1n) is 13.3. The molecule has 1 aliphatic rings. The molecule has 3 amide bonds. The highest BCUT2D eigenvalue weighted by Crippen LogP contribution is 2.37. The number of rotatable bonds is 9. The highest BCUT2D eigenvalue weighted by molar-refractivity contribution is 6.40. The minimum Gasteiger partial charge on any atom is -0.480 e. The van der Waals surface area contributed by atoms with Gasteiger partial charge in [-0.1, -0.05) is 89.9 Å². The summed E-state index contributed by atoms with van der Waals surface area (Å²) < 4.78 is 5.98. The lowest BCUT2D eigenvalue weighted by Gasteiger charge is -2.19. The van der Waals surface area contributed by atoms with Crippen LogP contribution in [0, 0.1) is 0 Å². The summed E-state index contributed by atoms with van der Waals surface area (Å²) in [6.07, 6.45) is 1.59. The van der Waals surface area contributed by atoms with Crippen LogP contribution in [0.2, 0.25) is 10.0 Å². The molecule has 10 heteroatoms. The number of aryl methyl sites for hydroxylation is 1. The molecule has 0 saturated carbocycles. The first-order chi connectivity index (χ1) is 20.3. The van der Waals surface area contributed by atoms with Gasteiger partial charge in [-0.15, -0.1) is 0 Å². The molecular weight excluding hydrogens is 577 g/mol. The van der Waals surface area contributed by atoms with E-state index in [1.807, 2.05) is 72.8 Å². The molecule has 0 fully saturated rings. The fourth-order valence-electron chi connectivity index (χ4n) is 4.86. The summed E-state index contributed by atoms with van der Waals surface area (Å²) in [5.41, 5.74) is 3.99. The highest BCUT2D eigenvalue weighted by atomic mass is 35.5. The molecule has 214 valence electrons. The summed E-state index contributed by atoms with van der Waals surface area (Å²) in [7, 11) is 0. The summed E-state index contributed by atoms with van der Waals surface area (Å²) in [5, 5.41) is 17.4. The van der Waals surface area contributed by atoms with Crippen molar-refractivity contribution in [2.24, 2.45) is 0 Å². The number of nitrogens with one attached hydrogen (secondary N) is 3. The quantitative estimate of drug-likeness (QED) is 0.171. The smallest absolute Gasteiger partial charge is 0.328 e. The Bertz CT molecular complexity index is 1630. The van der Waals surface area contributed by atoms with Gasteiger partial charge in [0.25, 0.3) is 5.91 Å². The van der Waals surface area contributed by atoms with Gasteiger partial charge in [-0.05, 0) is 59.4 Å². The van der Waals surface area contributed by atoms with Gasteiger partial charge in [0, 0.05) is 0 Å². The van der Waals surface area contributed by atoms with Crippen LogP contribution in [0.4, 0.5) is 4.79 Å². The predicted molar refractivity (Wildman–Crippen MR) is 161 cm³/mol. The number of benzene rings is 4. The average molecular weight is 604 g/mol. The second-order valence-corrected chi connectivity index (χ2v) is 10.5. The number of urea groups is 1. The lowest BCUT2D eigenvalue weighted by molar-refractivity contribution is -0.139. The number of aliphatic carboxylic acids is 1. The highest BCUT2D eigenvalue weighted by Gasteiger charge is 2.27. The molecular formula is C32H27Cl2N3O5. The van der Waals surface area contributed by atoms with E-state index in [0.29, 0.717) is 5.75 Å². The second-order valence-electron chi connectivity index (χ2n) is 9.74. The summed E-state index contributed by atoms with van der Waals surface area (Å²) in [4.78, 5) is 37.7. The van der Waals surface area contributed by atoms with E-state index in [4.69, 9.17) is 27.9 Å². The Morgan fingerprint density at radius 2 is 1.64 bits per heavy atom. The molecule has 4 aromatic rings. The third-order valence-corrected chi connectivity index (χ3v) is 7.65. The lowest BCUT2D eigenvalue weighted by Crippen LogP contribution is -2.50. The minimum absolute atomic E-state index is 0.0117. The van der Waals surface area contributed by atoms with Gasteiger partial charge in [-0.2, -0.15) is 0 Å². The first kappa shape index (κ1) is 29.0. The largest absolute Gasteiger partial charge is 0.480 e. The number of carbonyl (C=O) groups excluding carboxylic acids is 2. The van der Waals surface area contributed by atoms with Crippen LogP contribution in [0.15, 0.2) is 91.0 Å². The Labute approximate surface area is 252 Å². The average Bonchev–Trinajstić information content (AvgIpc) is 3.40. The zero-order valence-corrected chi connectivity index (χ0v) is 23.8. The fraction of sp³-hybridized carbons (Fsp3) is 0.156. The van der Waals surface area contributed by atoms with Crippen molar-refractivity contribution in [3.63, 3.8) is 0 Å². The number of carboxylic acid groups (broad SMARTS) is 1. The van der Waals surface area contributed by atoms with Crippen molar-refractivity contribution < 1.29 is 24.2 Å². The Morgan fingerprint density at radius 1 is 0.905 bits per heavy atom. The molecule has 0 saturated heterocycles. The van der Waals surface area contributed by atoms with Gasteiger partial charge in [-0.3, -0.25) is 4.79 Å². The molecule has 0 bridgehead atoms. The Kier molecular flexibility index (Phi) is 8.95. The van der Waals surface area contributed by atoms with Gasteiger partial charge in [-0.25, -0.2) is 9.59 Å². The van der Waals surface area contributed by atoms with E-state index in [-0.39, 0.29) is 33.9 Å². The molecule has 0 aliphatic heterocycles. The van der Waals surface area contributed by atoms with E-state index < -0.39 is 23.9 Å². The number of ether oxygens (including phenoxy) is 1. The lowest BCUT2D eigenvalue weighted by atomic mass is 10.1. The zero-order valence-electron chi connectivity index (χ0n) is 22.3. The van der Waals surface area contributed by atoms with Crippen LogP contribution in [-0.4, -0.2) is 35.6 Å². The molecule has 1 aliphatic carbocycles. The third-order valence-electron chi connectivity index (χ3n) is 6.96. The number of carbonyl (C=O) groups is 3. The van der Waals surface area contributed by atoms with E-state index in [9.17, 15) is 19.5 Å². The van der Waals surface area contributed by atoms with E-state index in [0.717, 1.165) is 29.5 Å². The topological polar surface area (TPSA) is 117 Å². The van der Waals surface area contributed by atoms with Crippen molar-refractivity contribution in [1.29, 1.82) is 0 Å². The van der Waals surface area contributed by atoms with Gasteiger partial charge in [0.05, 0.1) is 28.2 Å². The Hall–Kier alpha value is -4.53. The standard InChI is InChI=1S/C32H27Cl2N3O5/c33-24-14-16-27(42-22-11-6-10-21(17-22)19-7-2-1-3-8-19)29(34)28(24)30(38)36-26(31(39)40)18-35-32(41)37-25-15-13-20-9-4-5-12-23(20)25/h1-12,14,16-17,25-26H,13,15,18H2,(H,36,38)(H,39,40)(H2,35,37,41). The van der Waals surface area contributed by atoms with Crippen molar-refractivity contribution >= 4 is 41.1 Å². The van der Waals surface area contributed by atoms with Crippen LogP contribution in [0.5, 0.6) is 11.5 Å². The molecule has 2 unspecified atom stereocenters. The number of amides is 3. The molecule has 0 heterocycles. The van der Waals surface area contributed by atoms with Crippen LogP contribution in [0.3, 0.4) is 0 Å². The molecule has 0 spiro atoms. The van der Waals surface area contributed by atoms with Crippen LogP contribution in [0.25, 0.3) is 11.1 Å². The van der Waals surface area contributed by atoms with Gasteiger partial charge in [0.2, 0.25) is 0 Å². The first-order valence-corrected chi connectivity index (χ1v) is 14.0. The van der Waals surface area contributed by atoms with Crippen LogP contribution < -0.4 is 20.7 Å². The minimum atomic E-state index is -1.45. The number of carboxylic acids is 1.